The number of ether oxygens (including phenoxy) is 5. The summed E-state index contributed by atoms with van der Waals surface area (Å²) in [5.41, 5.74) is 0. The number of halogens is 1. The number of esters is 4. The number of hydrogen-bond acceptors (Lipinski definition) is 9. The van der Waals surface area contributed by atoms with Crippen molar-refractivity contribution in [1.82, 2.24) is 0 Å². The van der Waals surface area contributed by atoms with Crippen LogP contribution >= 0.6 is 15.9 Å². The molecule has 1 unspecified atom stereocenters. The Kier molecular flexibility index (Phi) is 11.0. The van der Waals surface area contributed by atoms with Gasteiger partial charge in [0.2, 0.25) is 0 Å². The minimum Gasteiger partial charge on any atom is -0.463 e. The molecule has 0 saturated heterocycles. The second kappa shape index (κ2) is 11.8. The molecule has 0 aliphatic heterocycles. The molecular formula is C15H23BrO9. The number of rotatable bonds is 10. The lowest BCUT2D eigenvalue weighted by molar-refractivity contribution is -0.175. The number of carbonyl (C=O) groups is 4. The van der Waals surface area contributed by atoms with Crippen molar-refractivity contribution >= 4 is 39.8 Å². The second-order valence-electron chi connectivity index (χ2n) is 5.09. The smallest absolute Gasteiger partial charge is 0.303 e. The zero-order valence-electron chi connectivity index (χ0n) is 14.8. The summed E-state index contributed by atoms with van der Waals surface area (Å²) in [6.07, 6.45) is -2.54. The third-order valence-corrected chi connectivity index (χ3v) is 3.50. The molecule has 10 heteroatoms. The monoisotopic (exact) mass is 426 g/mol. The van der Waals surface area contributed by atoms with E-state index in [0.717, 1.165) is 0 Å². The van der Waals surface area contributed by atoms with Crippen molar-refractivity contribution in [2.24, 2.45) is 0 Å². The average molecular weight is 427 g/mol. The highest BCUT2D eigenvalue weighted by Crippen LogP contribution is 2.18. The Morgan fingerprint density at radius 3 is 1.60 bits per heavy atom. The predicted molar refractivity (Wildman–Crippen MR) is 87.6 cm³/mol. The number of hydrogen-bond donors (Lipinski definition) is 0. The molecule has 0 fully saturated rings. The Morgan fingerprint density at radius 1 is 0.760 bits per heavy atom. The van der Waals surface area contributed by atoms with E-state index in [-0.39, 0.29) is 13.2 Å². The molecule has 9 nitrogen and oxygen atoms in total. The Bertz CT molecular complexity index is 480. The van der Waals surface area contributed by atoms with E-state index in [1.807, 2.05) is 0 Å². The SMILES string of the molecule is CC(=O)OCC(O[C@H](Br)[C@@H](COC(C)=O)OC(C)=O)[C@H](C)OC(C)=O. The lowest BCUT2D eigenvalue weighted by Gasteiger charge is -2.29. The quantitative estimate of drug-likeness (QED) is 0.287. The molecule has 0 amide bonds. The van der Waals surface area contributed by atoms with Gasteiger partial charge in [-0.25, -0.2) is 0 Å². The highest BCUT2D eigenvalue weighted by Gasteiger charge is 2.31. The largest absolute Gasteiger partial charge is 0.463 e. The van der Waals surface area contributed by atoms with Gasteiger partial charge in [-0.2, -0.15) is 0 Å². The Balaban J connectivity index is 5.02. The molecule has 0 rings (SSSR count). The second-order valence-corrected chi connectivity index (χ2v) is 6.00. The van der Waals surface area contributed by atoms with Crippen molar-refractivity contribution in [3.05, 3.63) is 0 Å². The summed E-state index contributed by atoms with van der Waals surface area (Å²) in [4.78, 5) is 44.3. The fraction of sp³-hybridized carbons (Fsp3) is 0.733. The first-order valence-electron chi connectivity index (χ1n) is 7.43. The molecule has 0 radical (unpaired) electrons. The molecule has 144 valence electrons. The van der Waals surface area contributed by atoms with Crippen molar-refractivity contribution < 1.29 is 42.9 Å². The van der Waals surface area contributed by atoms with E-state index in [1.165, 1.54) is 27.7 Å². The molecule has 25 heavy (non-hydrogen) atoms. The molecule has 0 heterocycles. The maximum absolute atomic E-state index is 11.2. The first kappa shape index (κ1) is 23.3. The van der Waals surface area contributed by atoms with E-state index in [0.29, 0.717) is 0 Å². The maximum atomic E-state index is 11.2. The Morgan fingerprint density at radius 2 is 1.20 bits per heavy atom. The topological polar surface area (TPSA) is 114 Å². The standard InChI is InChI=1S/C15H23BrO9/c1-8(23-11(4)19)13(6-21-9(2)17)25-15(16)14(24-12(5)20)7-22-10(3)18/h8,13-15H,6-7H2,1-5H3/t8-,13?,14+,15-/m0/s1. The van der Waals surface area contributed by atoms with Crippen LogP contribution < -0.4 is 0 Å². The fourth-order valence-electron chi connectivity index (χ4n) is 1.65. The highest BCUT2D eigenvalue weighted by atomic mass is 79.9. The van der Waals surface area contributed by atoms with Crippen LogP contribution in [0.5, 0.6) is 0 Å². The van der Waals surface area contributed by atoms with Gasteiger partial charge in [-0.1, -0.05) is 15.9 Å². The summed E-state index contributed by atoms with van der Waals surface area (Å²) in [5, 5.41) is -0.908. The first-order chi connectivity index (χ1) is 11.5. The molecule has 4 atom stereocenters. The minimum absolute atomic E-state index is 0.188. The van der Waals surface area contributed by atoms with E-state index >= 15 is 0 Å². The van der Waals surface area contributed by atoms with Crippen molar-refractivity contribution in [3.63, 3.8) is 0 Å². The van der Waals surface area contributed by atoms with Gasteiger partial charge >= 0.3 is 23.9 Å². The van der Waals surface area contributed by atoms with Crippen LogP contribution in [0.4, 0.5) is 0 Å². The van der Waals surface area contributed by atoms with E-state index < -0.39 is 47.2 Å². The zero-order valence-corrected chi connectivity index (χ0v) is 16.4. The molecule has 0 bridgehead atoms. The zero-order chi connectivity index (χ0) is 19.6. The van der Waals surface area contributed by atoms with Gasteiger partial charge in [0.1, 0.15) is 25.4 Å². The van der Waals surface area contributed by atoms with Crippen molar-refractivity contribution in [2.75, 3.05) is 13.2 Å². The van der Waals surface area contributed by atoms with Gasteiger partial charge in [0, 0.05) is 27.7 Å². The van der Waals surface area contributed by atoms with E-state index in [9.17, 15) is 19.2 Å². The van der Waals surface area contributed by atoms with Crippen LogP contribution in [0.1, 0.15) is 34.6 Å². The van der Waals surface area contributed by atoms with E-state index in [1.54, 1.807) is 6.92 Å². The summed E-state index contributed by atoms with van der Waals surface area (Å²) < 4.78 is 25.5. The lowest BCUT2D eigenvalue weighted by Crippen LogP contribution is -2.42. The van der Waals surface area contributed by atoms with Gasteiger partial charge in [-0.15, -0.1) is 0 Å². The number of alkyl halides is 1. The molecule has 0 saturated carbocycles. The summed E-state index contributed by atoms with van der Waals surface area (Å²) >= 11 is 3.19. The van der Waals surface area contributed by atoms with E-state index in [2.05, 4.69) is 15.9 Å². The Labute approximate surface area is 154 Å². The van der Waals surface area contributed by atoms with Gasteiger partial charge in [-0.05, 0) is 6.92 Å². The summed E-state index contributed by atoms with van der Waals surface area (Å²) in [5.74, 6) is -2.23. The molecule has 0 aromatic rings. The van der Waals surface area contributed by atoms with Gasteiger partial charge in [0.25, 0.3) is 0 Å². The Hall–Kier alpha value is -1.68. The molecule has 0 aliphatic carbocycles. The van der Waals surface area contributed by atoms with Crippen LogP contribution in [-0.2, 0) is 42.9 Å². The summed E-state index contributed by atoms with van der Waals surface area (Å²) in [7, 11) is 0. The van der Waals surface area contributed by atoms with Gasteiger partial charge < -0.3 is 23.7 Å². The highest BCUT2D eigenvalue weighted by molar-refractivity contribution is 9.09. The summed E-state index contributed by atoms with van der Waals surface area (Å²) in [6, 6.07) is 0. The van der Waals surface area contributed by atoms with Gasteiger partial charge in [0.05, 0.1) is 0 Å². The van der Waals surface area contributed by atoms with Crippen LogP contribution in [0, 0.1) is 0 Å². The molecule has 0 aromatic heterocycles. The van der Waals surface area contributed by atoms with Crippen LogP contribution in [0.15, 0.2) is 0 Å². The van der Waals surface area contributed by atoms with Crippen molar-refractivity contribution in [2.45, 2.75) is 57.9 Å². The maximum Gasteiger partial charge on any atom is 0.303 e. The number of carbonyl (C=O) groups excluding carboxylic acids is 4. The van der Waals surface area contributed by atoms with Crippen LogP contribution in [-0.4, -0.2) is 60.4 Å². The third-order valence-electron chi connectivity index (χ3n) is 2.69. The van der Waals surface area contributed by atoms with Crippen molar-refractivity contribution in [3.8, 4) is 0 Å². The fourth-order valence-corrected chi connectivity index (χ4v) is 2.19. The normalized spacial score (nSPS) is 15.3. The van der Waals surface area contributed by atoms with E-state index in [4.69, 9.17) is 23.7 Å². The third kappa shape index (κ3) is 11.5. The molecule has 0 spiro atoms. The molecule has 0 aliphatic rings. The van der Waals surface area contributed by atoms with Crippen LogP contribution in [0.25, 0.3) is 0 Å². The van der Waals surface area contributed by atoms with Crippen LogP contribution in [0.2, 0.25) is 0 Å². The van der Waals surface area contributed by atoms with Gasteiger partial charge in [0.15, 0.2) is 11.1 Å². The minimum atomic E-state index is -0.953. The summed E-state index contributed by atoms with van der Waals surface area (Å²) in [6.45, 7) is 5.98. The molecular weight excluding hydrogens is 404 g/mol. The molecule has 0 aromatic carbocycles. The average Bonchev–Trinajstić information content (AvgIpc) is 2.45. The first-order valence-corrected chi connectivity index (χ1v) is 8.35. The predicted octanol–water partition coefficient (Wildman–Crippen LogP) is 1.10. The van der Waals surface area contributed by atoms with Crippen LogP contribution in [0.3, 0.4) is 0 Å². The molecule has 0 N–H and O–H groups in total. The van der Waals surface area contributed by atoms with Crippen molar-refractivity contribution in [1.29, 1.82) is 0 Å². The van der Waals surface area contributed by atoms with Gasteiger partial charge in [-0.3, -0.25) is 19.2 Å². The lowest BCUT2D eigenvalue weighted by atomic mass is 10.2.